The minimum Gasteiger partial charge on any atom is -0.383 e. The van der Waals surface area contributed by atoms with Gasteiger partial charge >= 0.3 is 0 Å². The summed E-state index contributed by atoms with van der Waals surface area (Å²) in [5.74, 6) is -0.475. The Hall–Kier alpha value is -4.80. The molecule has 0 bridgehead atoms. The van der Waals surface area contributed by atoms with Crippen molar-refractivity contribution in [3.63, 3.8) is 0 Å². The van der Waals surface area contributed by atoms with Crippen molar-refractivity contribution in [1.82, 2.24) is 29.5 Å². The van der Waals surface area contributed by atoms with Crippen molar-refractivity contribution in [3.8, 4) is 0 Å². The lowest BCUT2D eigenvalue weighted by Gasteiger charge is -2.32. The van der Waals surface area contributed by atoms with E-state index in [9.17, 15) is 14.4 Å². The molecule has 1 atom stereocenters. The molecule has 11 nitrogen and oxygen atoms in total. The van der Waals surface area contributed by atoms with Crippen molar-refractivity contribution in [2.45, 2.75) is 25.3 Å². The number of nitrogens with one attached hydrogen (secondary N) is 1. The summed E-state index contributed by atoms with van der Waals surface area (Å²) in [7, 11) is 3.44. The van der Waals surface area contributed by atoms with Crippen LogP contribution in [-0.4, -0.2) is 74.5 Å². The van der Waals surface area contributed by atoms with Crippen molar-refractivity contribution in [3.05, 3.63) is 66.6 Å². The number of piperidine rings is 1. The van der Waals surface area contributed by atoms with Crippen LogP contribution in [0.25, 0.3) is 21.8 Å². The number of benzene rings is 2. The van der Waals surface area contributed by atoms with E-state index in [1.165, 1.54) is 12.4 Å². The van der Waals surface area contributed by atoms with Crippen LogP contribution in [0.15, 0.2) is 55.4 Å². The van der Waals surface area contributed by atoms with Crippen LogP contribution in [0.4, 0.5) is 11.5 Å². The van der Waals surface area contributed by atoms with Crippen LogP contribution < -0.4 is 11.1 Å². The number of nitrogen functional groups attached to an aromatic ring is 1. The van der Waals surface area contributed by atoms with Crippen LogP contribution in [0.5, 0.6) is 0 Å². The van der Waals surface area contributed by atoms with Gasteiger partial charge in [0.1, 0.15) is 12.1 Å². The molecule has 5 rings (SSSR count). The minimum atomic E-state index is -0.461. The van der Waals surface area contributed by atoms with Gasteiger partial charge < -0.3 is 20.9 Å². The van der Waals surface area contributed by atoms with Gasteiger partial charge in [0.25, 0.3) is 5.91 Å². The second-order valence-corrected chi connectivity index (χ2v) is 9.77. The Morgan fingerprint density at radius 2 is 1.92 bits per heavy atom. The molecule has 1 fully saturated rings. The predicted molar refractivity (Wildman–Crippen MR) is 149 cm³/mol. The van der Waals surface area contributed by atoms with E-state index in [2.05, 4.69) is 27.0 Å². The van der Waals surface area contributed by atoms with Crippen LogP contribution in [0.1, 0.15) is 34.9 Å². The smallest absolute Gasteiger partial charge is 0.277 e. The Morgan fingerprint density at radius 3 is 2.67 bits per heavy atom. The number of hydrogen-bond acceptors (Lipinski definition) is 7. The lowest BCUT2D eigenvalue weighted by atomic mass is 10.00. The lowest BCUT2D eigenvalue weighted by Crippen LogP contribution is -2.40. The molecule has 3 N–H and O–H groups in total. The van der Waals surface area contributed by atoms with Gasteiger partial charge in [0.2, 0.25) is 11.8 Å². The average molecular weight is 527 g/mol. The quantitative estimate of drug-likeness (QED) is 0.368. The second-order valence-electron chi connectivity index (χ2n) is 9.77. The van der Waals surface area contributed by atoms with Crippen LogP contribution in [-0.2, 0) is 16.0 Å². The summed E-state index contributed by atoms with van der Waals surface area (Å²) in [6.45, 7) is 4.64. The zero-order chi connectivity index (χ0) is 27.7. The molecule has 1 saturated heterocycles. The fourth-order valence-corrected chi connectivity index (χ4v) is 5.02. The Morgan fingerprint density at radius 1 is 1.15 bits per heavy atom. The minimum absolute atomic E-state index is 0.0134. The van der Waals surface area contributed by atoms with Gasteiger partial charge in [-0.05, 0) is 35.9 Å². The van der Waals surface area contributed by atoms with E-state index in [1.54, 1.807) is 34.6 Å². The van der Waals surface area contributed by atoms with Gasteiger partial charge in [-0.2, -0.15) is 5.10 Å². The molecule has 2 aromatic carbocycles. The summed E-state index contributed by atoms with van der Waals surface area (Å²) < 4.78 is 1.68. The first kappa shape index (κ1) is 25.8. The second kappa shape index (κ2) is 10.5. The van der Waals surface area contributed by atoms with Crippen molar-refractivity contribution in [1.29, 1.82) is 0 Å². The number of likely N-dealkylation sites (tertiary alicyclic amines) is 1. The van der Waals surface area contributed by atoms with Gasteiger partial charge in [-0.25, -0.2) is 14.6 Å². The Labute approximate surface area is 225 Å². The van der Waals surface area contributed by atoms with Crippen LogP contribution in [0, 0.1) is 0 Å². The molecule has 4 aromatic rings. The number of aromatic nitrogens is 4. The molecule has 1 aliphatic rings. The normalized spacial score (nSPS) is 15.3. The Bertz CT molecular complexity index is 1610. The highest BCUT2D eigenvalue weighted by Gasteiger charge is 2.29. The number of nitrogens with two attached hydrogens (primary N) is 1. The molecule has 3 heterocycles. The third-order valence-corrected chi connectivity index (χ3v) is 7.06. The molecular formula is C28H30N8O3. The van der Waals surface area contributed by atoms with Gasteiger partial charge in [-0.1, -0.05) is 36.9 Å². The van der Waals surface area contributed by atoms with E-state index in [4.69, 9.17) is 5.73 Å². The Kier molecular flexibility index (Phi) is 6.97. The van der Waals surface area contributed by atoms with Gasteiger partial charge in [0.05, 0.1) is 17.8 Å². The number of carbonyl (C=O) groups is 3. The first-order valence-corrected chi connectivity index (χ1v) is 12.7. The molecule has 200 valence electrons. The van der Waals surface area contributed by atoms with E-state index in [0.717, 1.165) is 29.2 Å². The third kappa shape index (κ3) is 4.90. The Balaban J connectivity index is 1.51. The maximum absolute atomic E-state index is 13.7. The van der Waals surface area contributed by atoms with Crippen molar-refractivity contribution in [2.75, 3.05) is 38.2 Å². The number of carbonyl (C=O) groups excluding carboxylic acids is 3. The molecule has 39 heavy (non-hydrogen) atoms. The number of nitrogens with zero attached hydrogens (tertiary/aromatic N) is 6. The maximum Gasteiger partial charge on any atom is 0.277 e. The van der Waals surface area contributed by atoms with Crippen molar-refractivity contribution < 1.29 is 14.4 Å². The standard InChI is InChI=1S/C28H30N8O3/c1-4-22(37)35-13-7-8-18(15-35)36-27-24(26(29)30-16-31-27)25(33-36)28(39)32-21-12-11-17(14-23(38)34(2)3)19-9-5-6-10-20(19)21/h4-6,9-12,16,18H,1,7-8,13-15H2,2-3H3,(H,32,39)(H2,29,30,31). The zero-order valence-electron chi connectivity index (χ0n) is 21.9. The maximum atomic E-state index is 13.7. The van der Waals surface area contributed by atoms with Crippen LogP contribution in [0.2, 0.25) is 0 Å². The highest BCUT2D eigenvalue weighted by molar-refractivity contribution is 6.15. The molecule has 0 spiro atoms. The van der Waals surface area contributed by atoms with E-state index in [0.29, 0.717) is 29.8 Å². The summed E-state index contributed by atoms with van der Waals surface area (Å²) in [6.07, 6.45) is 4.43. The predicted octanol–water partition coefficient (Wildman–Crippen LogP) is 2.79. The highest BCUT2D eigenvalue weighted by atomic mass is 16.2. The third-order valence-electron chi connectivity index (χ3n) is 7.06. The van der Waals surface area contributed by atoms with Crippen molar-refractivity contribution >= 4 is 51.0 Å². The molecule has 3 amide bonds. The first-order chi connectivity index (χ1) is 18.8. The molecule has 1 unspecified atom stereocenters. The van der Waals surface area contributed by atoms with Crippen LogP contribution in [0.3, 0.4) is 0 Å². The summed E-state index contributed by atoms with van der Waals surface area (Å²) in [6, 6.07) is 11.1. The molecule has 0 saturated carbocycles. The topological polar surface area (TPSA) is 139 Å². The molecule has 1 aliphatic heterocycles. The van der Waals surface area contributed by atoms with Gasteiger partial charge in [0.15, 0.2) is 11.3 Å². The summed E-state index contributed by atoms with van der Waals surface area (Å²) >= 11 is 0. The SMILES string of the molecule is C=CC(=O)N1CCCC(n2nc(C(=O)Nc3ccc(CC(=O)N(C)C)c4ccccc34)c3c(N)ncnc32)C1. The lowest BCUT2D eigenvalue weighted by molar-refractivity contribution is -0.128. The number of amides is 3. The molecule has 11 heteroatoms. The first-order valence-electron chi connectivity index (χ1n) is 12.7. The number of hydrogen-bond donors (Lipinski definition) is 2. The summed E-state index contributed by atoms with van der Waals surface area (Å²) in [4.78, 5) is 50.0. The molecule has 0 aliphatic carbocycles. The number of fused-ring (bicyclic) bond motifs is 2. The zero-order valence-corrected chi connectivity index (χ0v) is 21.9. The molecule has 2 aromatic heterocycles. The van der Waals surface area contributed by atoms with E-state index in [1.807, 2.05) is 30.3 Å². The van der Waals surface area contributed by atoms with E-state index in [-0.39, 0.29) is 35.8 Å². The van der Waals surface area contributed by atoms with Gasteiger partial charge in [-0.3, -0.25) is 14.4 Å². The highest BCUT2D eigenvalue weighted by Crippen LogP contribution is 2.31. The monoisotopic (exact) mass is 526 g/mol. The average Bonchev–Trinajstić information content (AvgIpc) is 3.35. The van der Waals surface area contributed by atoms with Gasteiger partial charge in [0, 0.05) is 38.3 Å². The number of rotatable bonds is 6. The van der Waals surface area contributed by atoms with E-state index < -0.39 is 5.91 Å². The fraction of sp³-hybridized carbons (Fsp3) is 0.286. The largest absolute Gasteiger partial charge is 0.383 e. The van der Waals surface area contributed by atoms with E-state index >= 15 is 0 Å². The molecule has 0 radical (unpaired) electrons. The van der Waals surface area contributed by atoms with Gasteiger partial charge in [-0.15, -0.1) is 0 Å². The summed E-state index contributed by atoms with van der Waals surface area (Å²) in [5.41, 5.74) is 8.20. The number of likely N-dealkylation sites (N-methyl/N-ethyl adjacent to an activating group) is 1. The van der Waals surface area contributed by atoms with Crippen molar-refractivity contribution in [2.24, 2.45) is 0 Å². The fourth-order valence-electron chi connectivity index (χ4n) is 5.02. The van der Waals surface area contributed by atoms with Crippen LogP contribution >= 0.6 is 0 Å². The molecular weight excluding hydrogens is 496 g/mol. The summed E-state index contributed by atoms with van der Waals surface area (Å²) in [5, 5.41) is 9.66. The number of anilines is 2.